The Labute approximate surface area is 144 Å². The highest BCUT2D eigenvalue weighted by Gasteiger charge is 2.09. The summed E-state index contributed by atoms with van der Waals surface area (Å²) in [7, 11) is 1.63. The Morgan fingerprint density at radius 2 is 2.21 bits per heavy atom. The highest BCUT2D eigenvalue weighted by Crippen LogP contribution is 2.24. The van der Waals surface area contributed by atoms with Gasteiger partial charge in [0.15, 0.2) is 5.76 Å². The fourth-order valence-electron chi connectivity index (χ4n) is 2.31. The molecule has 0 saturated carbocycles. The largest absolute Gasteiger partial charge is 0.497 e. The number of aromatic nitrogens is 1. The summed E-state index contributed by atoms with van der Waals surface area (Å²) in [5.74, 6) is 1.48. The van der Waals surface area contributed by atoms with Crippen LogP contribution in [0.1, 0.15) is 10.6 Å². The van der Waals surface area contributed by atoms with Gasteiger partial charge in [0.1, 0.15) is 5.75 Å². The predicted octanol–water partition coefficient (Wildman–Crippen LogP) is 3.31. The molecule has 0 atom stereocenters. The number of rotatable bonds is 7. The van der Waals surface area contributed by atoms with Gasteiger partial charge in [-0.15, -0.1) is 11.3 Å². The molecule has 0 aliphatic carbocycles. The van der Waals surface area contributed by atoms with Crippen molar-refractivity contribution in [1.82, 2.24) is 10.5 Å². The van der Waals surface area contributed by atoms with Crippen LogP contribution >= 0.6 is 11.3 Å². The SMILES string of the molecule is COc1cccc(-c2cc(CCNC(=O)Cc3cccs3)no2)c1. The van der Waals surface area contributed by atoms with Crippen molar-refractivity contribution in [2.24, 2.45) is 0 Å². The smallest absolute Gasteiger partial charge is 0.225 e. The van der Waals surface area contributed by atoms with E-state index in [-0.39, 0.29) is 5.91 Å². The monoisotopic (exact) mass is 342 g/mol. The lowest BCUT2D eigenvalue weighted by molar-refractivity contribution is -0.120. The van der Waals surface area contributed by atoms with Gasteiger partial charge in [-0.05, 0) is 23.6 Å². The zero-order valence-electron chi connectivity index (χ0n) is 13.3. The molecule has 2 aromatic heterocycles. The van der Waals surface area contributed by atoms with Crippen molar-refractivity contribution in [1.29, 1.82) is 0 Å². The lowest BCUT2D eigenvalue weighted by Crippen LogP contribution is -2.27. The van der Waals surface area contributed by atoms with Crippen molar-refractivity contribution in [3.63, 3.8) is 0 Å². The number of hydrogen-bond donors (Lipinski definition) is 1. The molecule has 2 heterocycles. The summed E-state index contributed by atoms with van der Waals surface area (Å²) in [6.07, 6.45) is 1.05. The third-order valence-corrected chi connectivity index (χ3v) is 4.41. The Balaban J connectivity index is 1.51. The number of hydrogen-bond acceptors (Lipinski definition) is 5. The van der Waals surface area contributed by atoms with E-state index in [0.717, 1.165) is 21.9 Å². The molecule has 0 bridgehead atoms. The molecular weight excluding hydrogens is 324 g/mol. The molecule has 0 saturated heterocycles. The Hall–Kier alpha value is -2.60. The van der Waals surface area contributed by atoms with Crippen LogP contribution in [0.15, 0.2) is 52.4 Å². The highest BCUT2D eigenvalue weighted by atomic mass is 32.1. The van der Waals surface area contributed by atoms with Crippen molar-refractivity contribution in [2.45, 2.75) is 12.8 Å². The zero-order chi connectivity index (χ0) is 16.8. The maximum Gasteiger partial charge on any atom is 0.225 e. The molecule has 6 heteroatoms. The Morgan fingerprint density at radius 1 is 1.29 bits per heavy atom. The molecule has 0 unspecified atom stereocenters. The van der Waals surface area contributed by atoms with Gasteiger partial charge >= 0.3 is 0 Å². The number of carbonyl (C=O) groups excluding carboxylic acids is 1. The molecule has 3 aromatic rings. The van der Waals surface area contributed by atoms with Gasteiger partial charge in [0.05, 0.1) is 19.2 Å². The van der Waals surface area contributed by atoms with Crippen molar-refractivity contribution in [2.75, 3.05) is 13.7 Å². The average Bonchev–Trinajstić information content (AvgIpc) is 3.27. The third-order valence-electron chi connectivity index (χ3n) is 3.53. The van der Waals surface area contributed by atoms with E-state index in [1.807, 2.05) is 47.8 Å². The van der Waals surface area contributed by atoms with Crippen molar-refractivity contribution in [3.05, 3.63) is 58.4 Å². The first-order chi connectivity index (χ1) is 11.7. The number of carbonyl (C=O) groups is 1. The predicted molar refractivity (Wildman–Crippen MR) is 93.2 cm³/mol. The maximum absolute atomic E-state index is 11.8. The normalized spacial score (nSPS) is 10.5. The van der Waals surface area contributed by atoms with Crippen LogP contribution in [0.2, 0.25) is 0 Å². The maximum atomic E-state index is 11.8. The van der Waals surface area contributed by atoms with Gasteiger partial charge < -0.3 is 14.6 Å². The second kappa shape index (κ2) is 7.79. The van der Waals surface area contributed by atoms with E-state index in [2.05, 4.69) is 10.5 Å². The summed E-state index contributed by atoms with van der Waals surface area (Å²) < 4.78 is 10.6. The van der Waals surface area contributed by atoms with Crippen LogP contribution in [-0.2, 0) is 17.6 Å². The molecule has 0 fully saturated rings. The fourth-order valence-corrected chi connectivity index (χ4v) is 3.01. The van der Waals surface area contributed by atoms with E-state index < -0.39 is 0 Å². The van der Waals surface area contributed by atoms with E-state index in [9.17, 15) is 4.79 Å². The first kappa shape index (κ1) is 16.3. The molecule has 5 nitrogen and oxygen atoms in total. The molecule has 1 aromatic carbocycles. The van der Waals surface area contributed by atoms with Gasteiger partial charge in [0.2, 0.25) is 5.91 Å². The minimum atomic E-state index is 0.0222. The lowest BCUT2D eigenvalue weighted by Gasteiger charge is -2.02. The molecule has 24 heavy (non-hydrogen) atoms. The number of benzene rings is 1. The zero-order valence-corrected chi connectivity index (χ0v) is 14.1. The number of nitrogens with one attached hydrogen (secondary N) is 1. The standard InChI is InChI=1S/C18H18N2O3S/c1-22-15-5-2-4-13(10-15)17-11-14(20-23-17)7-8-19-18(21)12-16-6-3-9-24-16/h2-6,9-11H,7-8,12H2,1H3,(H,19,21). The van der Waals surface area contributed by atoms with Gasteiger partial charge in [-0.25, -0.2) is 0 Å². The Bertz CT molecular complexity index is 796. The van der Waals surface area contributed by atoms with Gasteiger partial charge in [-0.1, -0.05) is 23.4 Å². The number of ether oxygens (including phenoxy) is 1. The third kappa shape index (κ3) is 4.23. The Morgan fingerprint density at radius 3 is 3.00 bits per heavy atom. The minimum Gasteiger partial charge on any atom is -0.497 e. The molecule has 1 N–H and O–H groups in total. The number of nitrogens with zero attached hydrogens (tertiary/aromatic N) is 1. The van der Waals surface area contributed by atoms with Gasteiger partial charge in [0.25, 0.3) is 0 Å². The van der Waals surface area contributed by atoms with Gasteiger partial charge in [-0.3, -0.25) is 4.79 Å². The summed E-state index contributed by atoms with van der Waals surface area (Å²) in [6, 6.07) is 13.4. The molecule has 1 amide bonds. The van der Waals surface area contributed by atoms with Crippen LogP contribution in [0, 0.1) is 0 Å². The van der Waals surface area contributed by atoms with E-state index in [1.165, 1.54) is 0 Å². The molecule has 0 spiro atoms. The van der Waals surface area contributed by atoms with Crippen LogP contribution in [0.4, 0.5) is 0 Å². The molecule has 3 rings (SSSR count). The number of thiophene rings is 1. The van der Waals surface area contributed by atoms with Crippen LogP contribution in [0.25, 0.3) is 11.3 Å². The van der Waals surface area contributed by atoms with Crippen LogP contribution in [-0.4, -0.2) is 24.7 Å². The topological polar surface area (TPSA) is 64.4 Å². The van der Waals surface area contributed by atoms with E-state index >= 15 is 0 Å². The van der Waals surface area contributed by atoms with Crippen LogP contribution in [0.5, 0.6) is 5.75 Å². The van der Waals surface area contributed by atoms with Crippen LogP contribution < -0.4 is 10.1 Å². The summed E-state index contributed by atoms with van der Waals surface area (Å²) in [6.45, 7) is 0.536. The number of amides is 1. The average molecular weight is 342 g/mol. The number of methoxy groups -OCH3 is 1. The first-order valence-corrected chi connectivity index (χ1v) is 8.51. The minimum absolute atomic E-state index is 0.0222. The summed E-state index contributed by atoms with van der Waals surface area (Å²) in [4.78, 5) is 12.9. The quantitative estimate of drug-likeness (QED) is 0.715. The molecule has 124 valence electrons. The molecule has 0 radical (unpaired) electrons. The van der Waals surface area contributed by atoms with Crippen molar-refractivity contribution < 1.29 is 14.1 Å². The molecular formula is C18H18N2O3S. The van der Waals surface area contributed by atoms with Gasteiger partial charge in [0, 0.05) is 29.5 Å². The lowest BCUT2D eigenvalue weighted by atomic mass is 10.1. The van der Waals surface area contributed by atoms with Crippen molar-refractivity contribution in [3.8, 4) is 17.1 Å². The summed E-state index contributed by atoms with van der Waals surface area (Å²) in [5, 5.41) is 8.93. The fraction of sp³-hybridized carbons (Fsp3) is 0.222. The van der Waals surface area contributed by atoms with E-state index in [1.54, 1.807) is 18.4 Å². The van der Waals surface area contributed by atoms with Crippen molar-refractivity contribution >= 4 is 17.2 Å². The molecule has 0 aliphatic rings. The van der Waals surface area contributed by atoms with E-state index in [0.29, 0.717) is 25.1 Å². The molecule has 0 aliphatic heterocycles. The Kier molecular flexibility index (Phi) is 5.28. The van der Waals surface area contributed by atoms with E-state index in [4.69, 9.17) is 9.26 Å². The summed E-state index contributed by atoms with van der Waals surface area (Å²) >= 11 is 1.59. The first-order valence-electron chi connectivity index (χ1n) is 7.63. The highest BCUT2D eigenvalue weighted by molar-refractivity contribution is 7.10. The van der Waals surface area contributed by atoms with Gasteiger partial charge in [-0.2, -0.15) is 0 Å². The second-order valence-corrected chi connectivity index (χ2v) is 6.30. The van der Waals surface area contributed by atoms with Crippen LogP contribution in [0.3, 0.4) is 0 Å². The second-order valence-electron chi connectivity index (χ2n) is 5.27. The summed E-state index contributed by atoms with van der Waals surface area (Å²) in [5.41, 5.74) is 1.72.